The summed E-state index contributed by atoms with van der Waals surface area (Å²) in [6.45, 7) is 0.350. The van der Waals surface area contributed by atoms with E-state index in [2.05, 4.69) is 5.16 Å². The largest absolute Gasteiger partial charge is 0.409 e. The monoisotopic (exact) mass is 279 g/mol. The molecule has 1 aromatic carbocycles. The van der Waals surface area contributed by atoms with Gasteiger partial charge >= 0.3 is 6.18 Å². The molecule has 3 N–H and O–H groups in total. The Bertz CT molecular complexity index is 473. The van der Waals surface area contributed by atoms with Crippen molar-refractivity contribution in [3.63, 3.8) is 0 Å². The Labute approximate surface area is 107 Å². The van der Waals surface area contributed by atoms with Crippen molar-refractivity contribution in [2.45, 2.75) is 13.1 Å². The third-order valence-electron chi connectivity index (χ3n) is 2.43. The number of amidine groups is 1. The van der Waals surface area contributed by atoms with Crippen LogP contribution in [-0.4, -0.2) is 30.3 Å². The van der Waals surface area contributed by atoms with Crippen LogP contribution in [0.4, 0.5) is 23.2 Å². The minimum atomic E-state index is -4.41. The lowest BCUT2D eigenvalue weighted by Crippen LogP contribution is -2.35. The van der Waals surface area contributed by atoms with Crippen LogP contribution in [0.1, 0.15) is 12.5 Å². The molecule has 0 saturated carbocycles. The number of halogens is 4. The summed E-state index contributed by atoms with van der Waals surface area (Å²) < 4.78 is 50.5. The third-order valence-corrected chi connectivity index (χ3v) is 2.43. The molecule has 4 nitrogen and oxygen atoms in total. The first kappa shape index (κ1) is 15.1. The zero-order valence-corrected chi connectivity index (χ0v) is 10.1. The smallest absolute Gasteiger partial charge is 0.405 e. The maximum absolute atomic E-state index is 13.1. The van der Waals surface area contributed by atoms with Crippen molar-refractivity contribution < 1.29 is 22.8 Å². The van der Waals surface area contributed by atoms with E-state index >= 15 is 0 Å². The van der Waals surface area contributed by atoms with Gasteiger partial charge in [-0.15, -0.1) is 0 Å². The molecule has 0 aliphatic carbocycles. The number of oxime groups is 1. The summed E-state index contributed by atoms with van der Waals surface area (Å²) in [6, 6.07) is 3.10. The van der Waals surface area contributed by atoms with Crippen LogP contribution in [0.3, 0.4) is 0 Å². The first-order valence-electron chi connectivity index (χ1n) is 5.37. The van der Waals surface area contributed by atoms with Crippen LogP contribution < -0.4 is 10.6 Å². The highest BCUT2D eigenvalue weighted by atomic mass is 19.4. The fourth-order valence-corrected chi connectivity index (χ4v) is 1.63. The zero-order valence-electron chi connectivity index (χ0n) is 10.1. The summed E-state index contributed by atoms with van der Waals surface area (Å²) in [5.41, 5.74) is 5.31. The van der Waals surface area contributed by atoms with E-state index in [0.717, 1.165) is 23.1 Å². The summed E-state index contributed by atoms with van der Waals surface area (Å²) in [4.78, 5) is 0.965. The van der Waals surface area contributed by atoms with Gasteiger partial charge < -0.3 is 15.8 Å². The van der Waals surface area contributed by atoms with E-state index in [4.69, 9.17) is 10.9 Å². The fraction of sp³-hybridized carbons (Fsp3) is 0.364. The van der Waals surface area contributed by atoms with E-state index < -0.39 is 24.4 Å². The third kappa shape index (κ3) is 4.01. The maximum atomic E-state index is 13.1. The van der Waals surface area contributed by atoms with Crippen molar-refractivity contribution in [3.8, 4) is 0 Å². The molecule has 0 atom stereocenters. The summed E-state index contributed by atoms with van der Waals surface area (Å²) >= 11 is 0. The van der Waals surface area contributed by atoms with Gasteiger partial charge in [0.25, 0.3) is 0 Å². The van der Waals surface area contributed by atoms with Gasteiger partial charge in [0, 0.05) is 17.8 Å². The second-order valence-corrected chi connectivity index (χ2v) is 3.78. The van der Waals surface area contributed by atoms with Crippen LogP contribution >= 0.6 is 0 Å². The molecule has 0 saturated heterocycles. The van der Waals surface area contributed by atoms with Crippen LogP contribution in [-0.2, 0) is 0 Å². The van der Waals surface area contributed by atoms with Crippen LogP contribution in [0.5, 0.6) is 0 Å². The molecule has 0 aromatic heterocycles. The Kier molecular flexibility index (Phi) is 4.57. The first-order chi connectivity index (χ1) is 8.78. The van der Waals surface area contributed by atoms with Gasteiger partial charge in [-0.25, -0.2) is 4.39 Å². The molecule has 1 rings (SSSR count). The van der Waals surface area contributed by atoms with E-state index in [-0.39, 0.29) is 17.8 Å². The average molecular weight is 279 g/mol. The molecule has 0 bridgehead atoms. The molecule has 0 fully saturated rings. The van der Waals surface area contributed by atoms with Gasteiger partial charge in [-0.3, -0.25) is 0 Å². The average Bonchev–Trinajstić information content (AvgIpc) is 2.34. The predicted octanol–water partition coefficient (Wildman–Crippen LogP) is 2.31. The van der Waals surface area contributed by atoms with Gasteiger partial charge in [0.05, 0.1) is 0 Å². The minimum absolute atomic E-state index is 0.0385. The predicted molar refractivity (Wildman–Crippen MR) is 62.9 cm³/mol. The summed E-state index contributed by atoms with van der Waals surface area (Å²) in [5, 5.41) is 11.3. The number of rotatable bonds is 4. The molecule has 1 aromatic rings. The summed E-state index contributed by atoms with van der Waals surface area (Å²) in [5.74, 6) is -1.14. The molecule has 0 aliphatic rings. The normalized spacial score (nSPS) is 12.6. The quantitative estimate of drug-likeness (QED) is 0.292. The van der Waals surface area contributed by atoms with Crippen molar-refractivity contribution in [2.75, 3.05) is 18.0 Å². The lowest BCUT2D eigenvalue weighted by molar-refractivity contribution is -0.119. The number of alkyl halides is 3. The van der Waals surface area contributed by atoms with E-state index in [1.807, 2.05) is 0 Å². The molecule has 106 valence electrons. The lowest BCUT2D eigenvalue weighted by Gasteiger charge is -2.26. The molecule has 0 radical (unpaired) electrons. The van der Waals surface area contributed by atoms with Crippen molar-refractivity contribution >= 4 is 11.5 Å². The highest BCUT2D eigenvalue weighted by molar-refractivity contribution is 6.02. The Hall–Kier alpha value is -1.99. The van der Waals surface area contributed by atoms with E-state index in [9.17, 15) is 17.6 Å². The molecule has 0 aliphatic heterocycles. The van der Waals surface area contributed by atoms with E-state index in [1.165, 1.54) is 6.92 Å². The Balaban J connectivity index is 3.24. The number of nitrogens with zero attached hydrogens (tertiary/aromatic N) is 2. The zero-order chi connectivity index (χ0) is 14.6. The number of nitrogens with two attached hydrogens (primary N) is 1. The molecular weight excluding hydrogens is 266 g/mol. The molecule has 8 heteroatoms. The van der Waals surface area contributed by atoms with Crippen LogP contribution in [0.2, 0.25) is 0 Å². The van der Waals surface area contributed by atoms with Crippen LogP contribution in [0.15, 0.2) is 23.4 Å². The van der Waals surface area contributed by atoms with Gasteiger partial charge in [-0.05, 0) is 25.1 Å². The number of hydrogen-bond donors (Lipinski definition) is 2. The lowest BCUT2D eigenvalue weighted by atomic mass is 10.1. The number of benzene rings is 1. The highest BCUT2D eigenvalue weighted by Crippen LogP contribution is 2.25. The Morgan fingerprint density at radius 1 is 1.42 bits per heavy atom. The highest BCUT2D eigenvalue weighted by Gasteiger charge is 2.31. The molecule has 0 unspecified atom stereocenters. The van der Waals surface area contributed by atoms with Crippen LogP contribution in [0, 0.1) is 5.82 Å². The molecular formula is C11H13F4N3O. The van der Waals surface area contributed by atoms with Gasteiger partial charge in [0.2, 0.25) is 0 Å². The second-order valence-electron chi connectivity index (χ2n) is 3.78. The van der Waals surface area contributed by atoms with Crippen LogP contribution in [0.25, 0.3) is 0 Å². The topological polar surface area (TPSA) is 61.8 Å². The first-order valence-corrected chi connectivity index (χ1v) is 5.37. The summed E-state index contributed by atoms with van der Waals surface area (Å²) in [7, 11) is 0. The standard InChI is InChI=1S/C11H13F4N3O/c1-2-18(6-11(13,14)15)9-4-3-7(12)5-8(9)10(16)17-19/h3-5,19H,2,6H2,1H3,(H2,16,17). The van der Waals surface area contributed by atoms with Gasteiger partial charge in [-0.1, -0.05) is 5.16 Å². The van der Waals surface area contributed by atoms with Gasteiger partial charge in [0.1, 0.15) is 12.4 Å². The fourth-order valence-electron chi connectivity index (χ4n) is 1.63. The van der Waals surface area contributed by atoms with Gasteiger partial charge in [-0.2, -0.15) is 13.2 Å². The molecule has 0 amide bonds. The van der Waals surface area contributed by atoms with Gasteiger partial charge in [0.15, 0.2) is 5.84 Å². The van der Waals surface area contributed by atoms with E-state index in [1.54, 1.807) is 0 Å². The SMILES string of the molecule is CCN(CC(F)(F)F)c1ccc(F)cc1C(N)=NO. The van der Waals surface area contributed by atoms with Crippen molar-refractivity contribution in [1.29, 1.82) is 0 Å². The Morgan fingerprint density at radius 2 is 2.05 bits per heavy atom. The number of hydrogen-bond acceptors (Lipinski definition) is 3. The molecule has 19 heavy (non-hydrogen) atoms. The molecule has 0 heterocycles. The van der Waals surface area contributed by atoms with Crippen molar-refractivity contribution in [2.24, 2.45) is 10.9 Å². The second kappa shape index (κ2) is 5.77. The van der Waals surface area contributed by atoms with Crippen molar-refractivity contribution in [3.05, 3.63) is 29.6 Å². The number of anilines is 1. The minimum Gasteiger partial charge on any atom is -0.409 e. The summed E-state index contributed by atoms with van der Waals surface area (Å²) in [6.07, 6.45) is -4.41. The Morgan fingerprint density at radius 3 is 2.53 bits per heavy atom. The van der Waals surface area contributed by atoms with E-state index in [0.29, 0.717) is 0 Å². The molecule has 0 spiro atoms. The maximum Gasteiger partial charge on any atom is 0.405 e. The van der Waals surface area contributed by atoms with Crippen molar-refractivity contribution in [1.82, 2.24) is 0 Å².